The molecule has 0 unspecified atom stereocenters. The van der Waals surface area contributed by atoms with Crippen molar-refractivity contribution in [2.45, 2.75) is 31.1 Å². The van der Waals surface area contributed by atoms with Gasteiger partial charge in [-0.05, 0) is 37.1 Å². The molecular weight excluding hydrogens is 438 g/mol. The molecule has 0 atom stereocenters. The molecule has 1 N–H and O–H groups in total. The second-order valence-electron chi connectivity index (χ2n) is 7.91. The normalized spacial score (nSPS) is 13.4. The Balaban J connectivity index is 1.50. The summed E-state index contributed by atoms with van der Waals surface area (Å²) >= 11 is 2.01. The fraction of sp³-hybridized carbons (Fsp3) is 0.375. The van der Waals surface area contributed by atoms with Crippen molar-refractivity contribution in [3.8, 4) is 17.2 Å². The van der Waals surface area contributed by atoms with Gasteiger partial charge in [0.25, 0.3) is 0 Å². The van der Waals surface area contributed by atoms with E-state index in [1.807, 2.05) is 48.2 Å². The SMILES string of the molecule is COc1ccc(CNc2nc3c(OC)cccc3c3nc(CCSC4CC4)nn23)c(OC)c1. The highest BCUT2D eigenvalue weighted by molar-refractivity contribution is 8.00. The number of hydrogen-bond acceptors (Lipinski definition) is 8. The zero-order valence-electron chi connectivity index (χ0n) is 19.0. The van der Waals surface area contributed by atoms with Gasteiger partial charge in [0.1, 0.15) is 22.8 Å². The minimum atomic E-state index is 0.503. The van der Waals surface area contributed by atoms with Crippen molar-refractivity contribution in [2.75, 3.05) is 32.4 Å². The molecule has 2 heterocycles. The molecule has 1 aliphatic rings. The number of ether oxygens (including phenoxy) is 3. The average molecular weight is 466 g/mol. The summed E-state index contributed by atoms with van der Waals surface area (Å²) in [6.07, 6.45) is 3.50. The van der Waals surface area contributed by atoms with Crippen LogP contribution in [0.5, 0.6) is 17.2 Å². The quantitative estimate of drug-likeness (QED) is 0.370. The maximum Gasteiger partial charge on any atom is 0.226 e. The maximum atomic E-state index is 5.58. The van der Waals surface area contributed by atoms with Gasteiger partial charge >= 0.3 is 0 Å². The van der Waals surface area contributed by atoms with Gasteiger partial charge in [0.2, 0.25) is 5.95 Å². The first-order valence-corrected chi connectivity index (χ1v) is 12.0. The van der Waals surface area contributed by atoms with E-state index in [1.54, 1.807) is 25.8 Å². The van der Waals surface area contributed by atoms with Crippen LogP contribution < -0.4 is 19.5 Å². The molecule has 0 amide bonds. The van der Waals surface area contributed by atoms with Crippen molar-refractivity contribution in [2.24, 2.45) is 0 Å². The van der Waals surface area contributed by atoms with Crippen LogP contribution in [0.4, 0.5) is 5.95 Å². The maximum absolute atomic E-state index is 5.58. The van der Waals surface area contributed by atoms with Crippen LogP contribution in [0.1, 0.15) is 24.2 Å². The predicted octanol–water partition coefficient (Wildman–Crippen LogP) is 4.35. The smallest absolute Gasteiger partial charge is 0.226 e. The summed E-state index contributed by atoms with van der Waals surface area (Å²) in [6.45, 7) is 0.503. The molecule has 0 saturated heterocycles. The minimum absolute atomic E-state index is 0.503. The highest BCUT2D eigenvalue weighted by Crippen LogP contribution is 2.34. The Kier molecular flexibility index (Phi) is 6.13. The van der Waals surface area contributed by atoms with Crippen LogP contribution in [-0.4, -0.2) is 51.9 Å². The lowest BCUT2D eigenvalue weighted by atomic mass is 10.2. The van der Waals surface area contributed by atoms with Gasteiger partial charge in [0.05, 0.1) is 21.3 Å². The van der Waals surface area contributed by atoms with E-state index in [1.165, 1.54) is 12.8 Å². The van der Waals surface area contributed by atoms with Crippen molar-refractivity contribution in [3.63, 3.8) is 0 Å². The largest absolute Gasteiger partial charge is 0.497 e. The number of nitrogens with zero attached hydrogens (tertiary/aromatic N) is 4. The topological polar surface area (TPSA) is 82.8 Å². The van der Waals surface area contributed by atoms with Gasteiger partial charge in [0, 0.05) is 41.0 Å². The number of aromatic nitrogens is 4. The number of hydrogen-bond donors (Lipinski definition) is 1. The lowest BCUT2D eigenvalue weighted by Crippen LogP contribution is -2.09. The Hall–Kier alpha value is -3.20. The first-order valence-electron chi connectivity index (χ1n) is 11.0. The molecule has 4 aromatic rings. The van der Waals surface area contributed by atoms with Crippen LogP contribution in [-0.2, 0) is 13.0 Å². The number of aryl methyl sites for hydroxylation is 1. The number of anilines is 1. The van der Waals surface area contributed by atoms with E-state index in [4.69, 9.17) is 29.3 Å². The Labute approximate surface area is 196 Å². The summed E-state index contributed by atoms with van der Waals surface area (Å²) in [7, 11) is 4.94. The Bertz CT molecular complexity index is 1290. The van der Waals surface area contributed by atoms with E-state index in [0.29, 0.717) is 18.2 Å². The number of thioether (sulfide) groups is 1. The second-order valence-corrected chi connectivity index (χ2v) is 9.32. The molecule has 2 aromatic carbocycles. The van der Waals surface area contributed by atoms with Crippen molar-refractivity contribution >= 4 is 34.3 Å². The first-order chi connectivity index (χ1) is 16.2. The predicted molar refractivity (Wildman–Crippen MR) is 131 cm³/mol. The number of nitrogens with one attached hydrogen (secondary N) is 1. The molecule has 0 bridgehead atoms. The average Bonchev–Trinajstić information content (AvgIpc) is 3.57. The van der Waals surface area contributed by atoms with Crippen molar-refractivity contribution in [1.82, 2.24) is 19.6 Å². The first kappa shape index (κ1) is 21.6. The van der Waals surface area contributed by atoms with Crippen LogP contribution in [0.25, 0.3) is 16.6 Å². The lowest BCUT2D eigenvalue weighted by Gasteiger charge is -2.13. The molecule has 2 aromatic heterocycles. The fourth-order valence-corrected chi connectivity index (χ4v) is 4.86. The van der Waals surface area contributed by atoms with Crippen molar-refractivity contribution < 1.29 is 14.2 Å². The summed E-state index contributed by atoms with van der Waals surface area (Å²) in [5.41, 5.74) is 2.51. The molecule has 1 fully saturated rings. The molecule has 9 heteroatoms. The van der Waals surface area contributed by atoms with E-state index in [0.717, 1.165) is 56.9 Å². The summed E-state index contributed by atoms with van der Waals surface area (Å²) in [6, 6.07) is 11.6. The highest BCUT2D eigenvalue weighted by Gasteiger charge is 2.22. The fourth-order valence-electron chi connectivity index (χ4n) is 3.76. The third kappa shape index (κ3) is 4.50. The van der Waals surface area contributed by atoms with Crippen LogP contribution in [0, 0.1) is 0 Å². The number of para-hydroxylation sites is 1. The molecule has 33 heavy (non-hydrogen) atoms. The molecule has 0 spiro atoms. The molecule has 0 radical (unpaired) electrons. The Morgan fingerprint density at radius 3 is 2.64 bits per heavy atom. The van der Waals surface area contributed by atoms with Crippen molar-refractivity contribution in [1.29, 1.82) is 0 Å². The van der Waals surface area contributed by atoms with Gasteiger partial charge < -0.3 is 19.5 Å². The molecule has 0 aliphatic heterocycles. The van der Waals surface area contributed by atoms with Crippen molar-refractivity contribution in [3.05, 3.63) is 47.8 Å². The van der Waals surface area contributed by atoms with Gasteiger partial charge in [-0.25, -0.2) is 9.97 Å². The van der Waals surface area contributed by atoms with Gasteiger partial charge in [-0.2, -0.15) is 16.3 Å². The van der Waals surface area contributed by atoms with Crippen LogP contribution >= 0.6 is 11.8 Å². The Morgan fingerprint density at radius 1 is 1.03 bits per heavy atom. The number of fused-ring (bicyclic) bond motifs is 3. The molecule has 1 aliphatic carbocycles. The van der Waals surface area contributed by atoms with Gasteiger partial charge in [-0.1, -0.05) is 6.07 Å². The van der Waals surface area contributed by atoms with E-state index in [9.17, 15) is 0 Å². The Morgan fingerprint density at radius 2 is 1.88 bits per heavy atom. The minimum Gasteiger partial charge on any atom is -0.497 e. The zero-order valence-corrected chi connectivity index (χ0v) is 19.8. The third-order valence-electron chi connectivity index (χ3n) is 5.66. The zero-order chi connectivity index (χ0) is 22.8. The van der Waals surface area contributed by atoms with E-state index >= 15 is 0 Å². The number of rotatable bonds is 10. The standard InChI is InChI=1S/C24H27N5O3S/c1-30-16-8-7-15(20(13-16)32-3)14-25-24-27-22-18(5-4-6-19(22)31-2)23-26-21(28-29(23)24)11-12-33-17-9-10-17/h4-8,13,17H,9-12,14H2,1-3H3,(H,25,27). The molecular formula is C24H27N5O3S. The molecule has 8 nitrogen and oxygen atoms in total. The van der Waals surface area contributed by atoms with Gasteiger partial charge in [-0.3, -0.25) is 0 Å². The van der Waals surface area contributed by atoms with E-state index in [-0.39, 0.29) is 0 Å². The lowest BCUT2D eigenvalue weighted by molar-refractivity contribution is 0.391. The second kappa shape index (κ2) is 9.35. The summed E-state index contributed by atoms with van der Waals surface area (Å²) < 4.78 is 18.2. The van der Waals surface area contributed by atoms with Crippen LogP contribution in [0.2, 0.25) is 0 Å². The summed E-state index contributed by atoms with van der Waals surface area (Å²) in [4.78, 5) is 9.73. The highest BCUT2D eigenvalue weighted by atomic mass is 32.2. The third-order valence-corrected chi connectivity index (χ3v) is 7.05. The van der Waals surface area contributed by atoms with E-state index in [2.05, 4.69) is 5.32 Å². The molecule has 172 valence electrons. The monoisotopic (exact) mass is 465 g/mol. The number of methoxy groups -OCH3 is 3. The number of benzene rings is 2. The van der Waals surface area contributed by atoms with Gasteiger partial charge in [-0.15, -0.1) is 5.10 Å². The van der Waals surface area contributed by atoms with Crippen LogP contribution in [0.15, 0.2) is 36.4 Å². The van der Waals surface area contributed by atoms with E-state index < -0.39 is 0 Å². The van der Waals surface area contributed by atoms with Crippen LogP contribution in [0.3, 0.4) is 0 Å². The molecule has 1 saturated carbocycles. The summed E-state index contributed by atoms with van der Waals surface area (Å²) in [5.74, 6) is 4.65. The van der Waals surface area contributed by atoms with Gasteiger partial charge in [0.15, 0.2) is 11.5 Å². The summed E-state index contributed by atoms with van der Waals surface area (Å²) in [5, 5.41) is 9.96. The molecule has 5 rings (SSSR count).